The number of aryl methyl sites for hydroxylation is 1. The van der Waals surface area contributed by atoms with Gasteiger partial charge in [0.2, 0.25) is 0 Å². The first-order valence-electron chi connectivity index (χ1n) is 10.2. The minimum absolute atomic E-state index is 0.0250. The predicted molar refractivity (Wildman–Crippen MR) is 116 cm³/mol. The van der Waals surface area contributed by atoms with E-state index in [9.17, 15) is 4.79 Å². The second kappa shape index (κ2) is 7.53. The third-order valence-electron chi connectivity index (χ3n) is 5.77. The molecule has 0 spiro atoms. The molecule has 30 heavy (non-hydrogen) atoms. The van der Waals surface area contributed by atoms with Crippen LogP contribution in [0.4, 0.5) is 5.82 Å². The first kappa shape index (κ1) is 18.7. The Balaban J connectivity index is 1.67. The standard InChI is InChI=1S/C22H24N6O2/c1-14-12-17-19(25-14)21(24-13-23-17)27-9-5-8-18(27)20-26-16-7-4-3-6-15(16)22(29)28(20)10-11-30-2/h3-4,6-7,12-13,18,25H,5,8-11H2,1-2H3. The van der Waals surface area contributed by atoms with E-state index in [2.05, 4.69) is 19.9 Å². The Kier molecular flexibility index (Phi) is 4.71. The molecule has 1 fully saturated rings. The van der Waals surface area contributed by atoms with Crippen molar-refractivity contribution in [2.45, 2.75) is 32.4 Å². The monoisotopic (exact) mass is 404 g/mol. The average molecular weight is 404 g/mol. The molecule has 1 N–H and O–H groups in total. The maximum atomic E-state index is 13.3. The fourth-order valence-electron chi connectivity index (χ4n) is 4.40. The number of methoxy groups -OCH3 is 1. The van der Waals surface area contributed by atoms with Gasteiger partial charge in [-0.25, -0.2) is 15.0 Å². The zero-order valence-electron chi connectivity index (χ0n) is 17.1. The van der Waals surface area contributed by atoms with Crippen LogP contribution in [0.15, 0.2) is 41.5 Å². The molecule has 4 aromatic rings. The molecular formula is C22H24N6O2. The Bertz CT molecular complexity index is 1280. The highest BCUT2D eigenvalue weighted by molar-refractivity contribution is 5.87. The van der Waals surface area contributed by atoms with E-state index in [0.717, 1.165) is 53.3 Å². The van der Waals surface area contributed by atoms with Gasteiger partial charge in [0.05, 0.1) is 35.6 Å². The number of hydrogen-bond donors (Lipinski definition) is 1. The normalized spacial score (nSPS) is 16.7. The lowest BCUT2D eigenvalue weighted by Crippen LogP contribution is -2.33. The van der Waals surface area contributed by atoms with Gasteiger partial charge in [-0.15, -0.1) is 0 Å². The van der Waals surface area contributed by atoms with Crippen LogP contribution in [0.25, 0.3) is 21.9 Å². The fourth-order valence-corrected chi connectivity index (χ4v) is 4.40. The maximum Gasteiger partial charge on any atom is 0.261 e. The van der Waals surface area contributed by atoms with Crippen LogP contribution in [-0.4, -0.2) is 44.8 Å². The van der Waals surface area contributed by atoms with Gasteiger partial charge in [0, 0.05) is 19.3 Å². The summed E-state index contributed by atoms with van der Waals surface area (Å²) in [6.07, 6.45) is 3.51. The largest absolute Gasteiger partial charge is 0.383 e. The number of aromatic nitrogens is 5. The van der Waals surface area contributed by atoms with Crippen molar-refractivity contribution < 1.29 is 4.74 Å². The van der Waals surface area contributed by atoms with E-state index in [1.807, 2.05) is 37.3 Å². The van der Waals surface area contributed by atoms with Crippen LogP contribution in [-0.2, 0) is 11.3 Å². The highest BCUT2D eigenvalue weighted by Gasteiger charge is 2.32. The van der Waals surface area contributed by atoms with E-state index in [-0.39, 0.29) is 11.6 Å². The number of benzene rings is 1. The number of nitrogens with zero attached hydrogens (tertiary/aromatic N) is 5. The first-order valence-corrected chi connectivity index (χ1v) is 10.2. The molecular weight excluding hydrogens is 380 g/mol. The van der Waals surface area contributed by atoms with Crippen molar-refractivity contribution in [1.29, 1.82) is 0 Å². The van der Waals surface area contributed by atoms with Gasteiger partial charge in [0.1, 0.15) is 17.7 Å². The second-order valence-electron chi connectivity index (χ2n) is 7.70. The van der Waals surface area contributed by atoms with Crippen LogP contribution < -0.4 is 10.5 Å². The van der Waals surface area contributed by atoms with E-state index in [1.54, 1.807) is 18.0 Å². The van der Waals surface area contributed by atoms with Gasteiger partial charge >= 0.3 is 0 Å². The topological polar surface area (TPSA) is 88.9 Å². The molecule has 1 aliphatic heterocycles. The SMILES string of the molecule is COCCn1c(C2CCCN2c2ncnc3cc(C)[nH]c23)nc2ccccc2c1=O. The van der Waals surface area contributed by atoms with E-state index < -0.39 is 0 Å². The number of rotatable bonds is 5. The summed E-state index contributed by atoms with van der Waals surface area (Å²) in [6, 6.07) is 9.51. The molecule has 1 atom stereocenters. The zero-order chi connectivity index (χ0) is 20.7. The van der Waals surface area contributed by atoms with E-state index in [1.165, 1.54) is 0 Å². The third kappa shape index (κ3) is 3.04. The van der Waals surface area contributed by atoms with Crippen LogP contribution in [0.5, 0.6) is 0 Å². The average Bonchev–Trinajstić information content (AvgIpc) is 3.38. The molecule has 0 bridgehead atoms. The molecule has 154 valence electrons. The molecule has 1 aliphatic rings. The minimum atomic E-state index is -0.0409. The third-order valence-corrected chi connectivity index (χ3v) is 5.77. The molecule has 0 amide bonds. The molecule has 3 aromatic heterocycles. The number of fused-ring (bicyclic) bond motifs is 2. The van der Waals surface area contributed by atoms with Gasteiger partial charge < -0.3 is 14.6 Å². The summed E-state index contributed by atoms with van der Waals surface area (Å²) in [7, 11) is 1.65. The number of ether oxygens (including phenoxy) is 1. The van der Waals surface area contributed by atoms with E-state index in [0.29, 0.717) is 18.5 Å². The molecule has 8 nitrogen and oxygen atoms in total. The summed E-state index contributed by atoms with van der Waals surface area (Å²) in [5, 5.41) is 0.631. The summed E-state index contributed by atoms with van der Waals surface area (Å²) in [5.41, 5.74) is 3.56. The Hall–Kier alpha value is -3.26. The van der Waals surface area contributed by atoms with Crippen molar-refractivity contribution in [2.24, 2.45) is 0 Å². The van der Waals surface area contributed by atoms with Crippen molar-refractivity contribution in [1.82, 2.24) is 24.5 Å². The molecule has 0 saturated carbocycles. The summed E-state index contributed by atoms with van der Waals surface area (Å²) in [5.74, 6) is 1.62. The molecule has 0 radical (unpaired) electrons. The highest BCUT2D eigenvalue weighted by atomic mass is 16.5. The molecule has 4 heterocycles. The van der Waals surface area contributed by atoms with Gasteiger partial charge in [-0.2, -0.15) is 0 Å². The summed E-state index contributed by atoms with van der Waals surface area (Å²) < 4.78 is 7.05. The molecule has 8 heteroatoms. The van der Waals surface area contributed by atoms with Gasteiger partial charge in [-0.3, -0.25) is 9.36 Å². The van der Waals surface area contributed by atoms with Crippen LogP contribution in [0.3, 0.4) is 0 Å². The highest BCUT2D eigenvalue weighted by Crippen LogP contribution is 2.37. The lowest BCUT2D eigenvalue weighted by molar-refractivity contribution is 0.184. The Morgan fingerprint density at radius 3 is 2.97 bits per heavy atom. The molecule has 1 aromatic carbocycles. The molecule has 5 rings (SSSR count). The number of nitrogens with one attached hydrogen (secondary N) is 1. The zero-order valence-corrected chi connectivity index (χ0v) is 17.1. The number of anilines is 1. The quantitative estimate of drug-likeness (QED) is 0.550. The minimum Gasteiger partial charge on any atom is -0.383 e. The first-order chi connectivity index (χ1) is 14.7. The Morgan fingerprint density at radius 1 is 1.23 bits per heavy atom. The lowest BCUT2D eigenvalue weighted by atomic mass is 10.1. The van der Waals surface area contributed by atoms with Crippen LogP contribution in [0.2, 0.25) is 0 Å². The maximum absolute atomic E-state index is 13.3. The second-order valence-corrected chi connectivity index (χ2v) is 7.70. The van der Waals surface area contributed by atoms with Gasteiger partial charge in [-0.05, 0) is 38.0 Å². The molecule has 0 aliphatic carbocycles. The molecule has 1 saturated heterocycles. The summed E-state index contributed by atoms with van der Waals surface area (Å²) >= 11 is 0. The van der Waals surface area contributed by atoms with Crippen molar-refractivity contribution >= 4 is 27.8 Å². The van der Waals surface area contributed by atoms with E-state index >= 15 is 0 Å². The van der Waals surface area contributed by atoms with Gasteiger partial charge in [0.15, 0.2) is 5.82 Å². The van der Waals surface area contributed by atoms with Gasteiger partial charge in [0.25, 0.3) is 5.56 Å². The lowest BCUT2D eigenvalue weighted by Gasteiger charge is -2.27. The van der Waals surface area contributed by atoms with Crippen LogP contribution in [0, 0.1) is 6.92 Å². The van der Waals surface area contributed by atoms with Crippen molar-refractivity contribution in [3.63, 3.8) is 0 Å². The van der Waals surface area contributed by atoms with Gasteiger partial charge in [-0.1, -0.05) is 12.1 Å². The smallest absolute Gasteiger partial charge is 0.261 e. The Labute approximate surface area is 173 Å². The number of H-pyrrole nitrogens is 1. The number of hydrogen-bond acceptors (Lipinski definition) is 6. The van der Waals surface area contributed by atoms with Crippen molar-refractivity contribution in [2.75, 3.05) is 25.2 Å². The van der Waals surface area contributed by atoms with E-state index in [4.69, 9.17) is 9.72 Å². The fraction of sp³-hybridized carbons (Fsp3) is 0.364. The Morgan fingerprint density at radius 2 is 2.10 bits per heavy atom. The summed E-state index contributed by atoms with van der Waals surface area (Å²) in [6.45, 7) is 3.78. The number of para-hydroxylation sites is 1. The molecule has 1 unspecified atom stereocenters. The predicted octanol–water partition coefficient (Wildman–Crippen LogP) is 2.96. The number of aromatic amines is 1. The van der Waals surface area contributed by atoms with Crippen LogP contribution >= 0.6 is 0 Å². The van der Waals surface area contributed by atoms with Crippen LogP contribution in [0.1, 0.15) is 30.4 Å². The summed E-state index contributed by atoms with van der Waals surface area (Å²) in [4.78, 5) is 32.9. The van der Waals surface area contributed by atoms with Crippen molar-refractivity contribution in [3.8, 4) is 0 Å². The van der Waals surface area contributed by atoms with Crippen molar-refractivity contribution in [3.05, 3.63) is 58.5 Å².